The van der Waals surface area contributed by atoms with Gasteiger partial charge in [0, 0.05) is 18.4 Å². The summed E-state index contributed by atoms with van der Waals surface area (Å²) in [6.07, 6.45) is 1.60. The molecule has 8 heteroatoms. The lowest BCUT2D eigenvalue weighted by Crippen LogP contribution is -2.23. The summed E-state index contributed by atoms with van der Waals surface area (Å²) in [6.45, 7) is 0.851. The fourth-order valence-corrected chi connectivity index (χ4v) is 2.82. The van der Waals surface area contributed by atoms with Crippen LogP contribution in [0.1, 0.15) is 11.3 Å². The molecule has 0 bridgehead atoms. The number of oxazole rings is 1. The van der Waals surface area contributed by atoms with E-state index in [0.717, 1.165) is 21.8 Å². The number of nitrogens with two attached hydrogens (primary N) is 1. The molecular weight excluding hydrogens is 451 g/mol. The minimum atomic E-state index is 0. The molecule has 25 heavy (non-hydrogen) atoms. The first kappa shape index (κ1) is 19.4. The zero-order valence-electron chi connectivity index (χ0n) is 13.6. The van der Waals surface area contributed by atoms with Gasteiger partial charge in [0.05, 0.1) is 18.0 Å². The number of hydrogen-bond acceptors (Lipinski definition) is 5. The smallest absolute Gasteiger partial charge is 0.236 e. The minimum absolute atomic E-state index is 0. The van der Waals surface area contributed by atoms with Crippen LogP contribution in [0.5, 0.6) is 0 Å². The van der Waals surface area contributed by atoms with E-state index in [4.69, 9.17) is 14.9 Å². The first-order valence-electron chi connectivity index (χ1n) is 7.38. The van der Waals surface area contributed by atoms with Crippen molar-refractivity contribution < 1.29 is 9.15 Å². The largest absolute Gasteiger partial charge is 0.443 e. The van der Waals surface area contributed by atoms with Gasteiger partial charge in [-0.3, -0.25) is 0 Å². The number of nitrogens with zero attached hydrogens (tertiary/aromatic N) is 2. The van der Waals surface area contributed by atoms with Crippen molar-refractivity contribution in [1.29, 1.82) is 0 Å². The lowest BCUT2D eigenvalue weighted by Gasteiger charge is -2.10. The average Bonchev–Trinajstić information content (AvgIpc) is 3.26. The number of anilines is 1. The predicted octanol–water partition coefficient (Wildman–Crippen LogP) is 4.09. The Labute approximate surface area is 167 Å². The summed E-state index contributed by atoms with van der Waals surface area (Å²) in [4.78, 5) is 9.71. The molecule has 0 aliphatic rings. The van der Waals surface area contributed by atoms with E-state index in [1.165, 1.54) is 0 Å². The molecule has 2 heterocycles. The van der Waals surface area contributed by atoms with Gasteiger partial charge >= 0.3 is 0 Å². The summed E-state index contributed by atoms with van der Waals surface area (Å²) in [5.41, 5.74) is 8.58. The van der Waals surface area contributed by atoms with Gasteiger partial charge in [-0.1, -0.05) is 24.3 Å². The van der Waals surface area contributed by atoms with Gasteiger partial charge in [0.2, 0.25) is 5.89 Å². The number of aromatic nitrogens is 1. The molecule has 0 radical (unpaired) electrons. The highest BCUT2D eigenvalue weighted by atomic mass is 127. The fourth-order valence-electron chi connectivity index (χ4n) is 2.16. The van der Waals surface area contributed by atoms with Crippen molar-refractivity contribution in [2.75, 3.05) is 12.4 Å². The van der Waals surface area contributed by atoms with Crippen LogP contribution in [0.4, 0.5) is 5.69 Å². The van der Waals surface area contributed by atoms with Crippen molar-refractivity contribution in [3.63, 3.8) is 0 Å². The highest BCUT2D eigenvalue weighted by molar-refractivity contribution is 14.0. The lowest BCUT2D eigenvalue weighted by molar-refractivity contribution is 0.185. The van der Waals surface area contributed by atoms with Gasteiger partial charge in [0.25, 0.3) is 0 Å². The summed E-state index contributed by atoms with van der Waals surface area (Å²) in [5.74, 6) is 0.923. The zero-order chi connectivity index (χ0) is 16.8. The SMILES string of the molecule is COCc1ccccc1NC(N)=NCc1coc(-c2cccs2)n1.I. The first-order valence-corrected chi connectivity index (χ1v) is 8.26. The maximum Gasteiger partial charge on any atom is 0.236 e. The molecule has 3 N–H and O–H groups in total. The van der Waals surface area contributed by atoms with Gasteiger partial charge in [-0.15, -0.1) is 35.3 Å². The quantitative estimate of drug-likeness (QED) is 0.322. The number of benzene rings is 1. The highest BCUT2D eigenvalue weighted by Gasteiger charge is 2.07. The third-order valence-electron chi connectivity index (χ3n) is 3.28. The van der Waals surface area contributed by atoms with E-state index < -0.39 is 0 Å². The third-order valence-corrected chi connectivity index (χ3v) is 4.13. The van der Waals surface area contributed by atoms with Gasteiger partial charge in [0.15, 0.2) is 5.96 Å². The Morgan fingerprint density at radius 3 is 2.92 bits per heavy atom. The minimum Gasteiger partial charge on any atom is -0.443 e. The van der Waals surface area contributed by atoms with E-state index in [1.54, 1.807) is 24.7 Å². The topological polar surface area (TPSA) is 85.7 Å². The van der Waals surface area contributed by atoms with Crippen molar-refractivity contribution in [3.05, 3.63) is 59.3 Å². The monoisotopic (exact) mass is 470 g/mol. The zero-order valence-corrected chi connectivity index (χ0v) is 16.8. The van der Waals surface area contributed by atoms with E-state index in [1.807, 2.05) is 41.8 Å². The van der Waals surface area contributed by atoms with Crippen LogP contribution in [0.25, 0.3) is 10.8 Å². The van der Waals surface area contributed by atoms with Gasteiger partial charge in [-0.05, 0) is 17.5 Å². The summed E-state index contributed by atoms with van der Waals surface area (Å²) >= 11 is 1.58. The second-order valence-corrected chi connectivity index (χ2v) is 5.99. The number of thiophene rings is 1. The average molecular weight is 470 g/mol. The molecule has 0 fully saturated rings. The van der Waals surface area contributed by atoms with Crippen molar-refractivity contribution >= 4 is 47.0 Å². The highest BCUT2D eigenvalue weighted by Crippen LogP contribution is 2.23. The number of aliphatic imine (C=N–C) groups is 1. The van der Waals surface area contributed by atoms with E-state index in [9.17, 15) is 0 Å². The standard InChI is InChI=1S/C17H18N4O2S.HI/c1-22-10-12-5-2-3-6-14(12)21-17(18)19-9-13-11-23-16(20-13)15-7-4-8-24-15;/h2-8,11H,9-10H2,1H3,(H3,18,19,21);1H. The normalized spacial score (nSPS) is 11.2. The maximum atomic E-state index is 5.96. The lowest BCUT2D eigenvalue weighted by atomic mass is 10.2. The number of ether oxygens (including phenoxy) is 1. The summed E-state index contributed by atoms with van der Waals surface area (Å²) in [7, 11) is 1.66. The Balaban J connectivity index is 0.00000225. The van der Waals surface area contributed by atoms with Crippen molar-refractivity contribution in [2.24, 2.45) is 10.7 Å². The van der Waals surface area contributed by atoms with Crippen LogP contribution < -0.4 is 11.1 Å². The Hall–Kier alpha value is -1.91. The van der Waals surface area contributed by atoms with Gasteiger partial charge in [0.1, 0.15) is 12.0 Å². The molecule has 0 unspecified atom stereocenters. The second kappa shape index (κ2) is 9.54. The molecular formula is C17H19IN4O2S. The molecule has 6 nitrogen and oxygen atoms in total. The molecule has 0 spiro atoms. The molecule has 1 aromatic carbocycles. The first-order chi connectivity index (χ1) is 11.8. The number of hydrogen-bond donors (Lipinski definition) is 2. The van der Waals surface area contributed by atoms with E-state index in [2.05, 4.69) is 15.3 Å². The molecule has 3 rings (SSSR count). The number of halogens is 1. The summed E-state index contributed by atoms with van der Waals surface area (Å²) < 4.78 is 10.6. The summed E-state index contributed by atoms with van der Waals surface area (Å²) in [6, 6.07) is 11.7. The molecule has 0 aliphatic heterocycles. The Morgan fingerprint density at radius 2 is 2.16 bits per heavy atom. The third kappa shape index (κ3) is 5.28. The van der Waals surface area contributed by atoms with Gasteiger partial charge < -0.3 is 20.2 Å². The number of methoxy groups -OCH3 is 1. The van der Waals surface area contributed by atoms with E-state index >= 15 is 0 Å². The van der Waals surface area contributed by atoms with Gasteiger partial charge in [-0.2, -0.15) is 0 Å². The van der Waals surface area contributed by atoms with Crippen LogP contribution in [-0.4, -0.2) is 18.1 Å². The second-order valence-electron chi connectivity index (χ2n) is 5.04. The number of guanidine groups is 1. The van der Waals surface area contributed by atoms with Crippen molar-refractivity contribution in [2.45, 2.75) is 13.2 Å². The van der Waals surface area contributed by atoms with Crippen LogP contribution in [0.3, 0.4) is 0 Å². The van der Waals surface area contributed by atoms with E-state index in [-0.39, 0.29) is 24.0 Å². The van der Waals surface area contributed by atoms with Crippen molar-refractivity contribution in [3.8, 4) is 10.8 Å². The maximum absolute atomic E-state index is 5.96. The van der Waals surface area contributed by atoms with Crippen LogP contribution in [0.2, 0.25) is 0 Å². The molecule has 0 aliphatic carbocycles. The Bertz CT molecular complexity index is 818. The number of rotatable bonds is 6. The molecule has 0 atom stereocenters. The molecule has 0 saturated carbocycles. The number of para-hydroxylation sites is 1. The predicted molar refractivity (Wildman–Crippen MR) is 111 cm³/mol. The number of nitrogens with one attached hydrogen (secondary N) is 1. The molecule has 0 amide bonds. The van der Waals surface area contributed by atoms with Gasteiger partial charge in [-0.25, -0.2) is 9.98 Å². The molecule has 132 valence electrons. The molecule has 2 aromatic heterocycles. The van der Waals surface area contributed by atoms with Crippen LogP contribution in [-0.2, 0) is 17.9 Å². The van der Waals surface area contributed by atoms with Crippen molar-refractivity contribution in [1.82, 2.24) is 4.98 Å². The van der Waals surface area contributed by atoms with Crippen LogP contribution in [0, 0.1) is 0 Å². The summed E-state index contributed by atoms with van der Waals surface area (Å²) in [5, 5.41) is 5.07. The fraction of sp³-hybridized carbons (Fsp3) is 0.176. The Kier molecular flexibility index (Phi) is 7.41. The van der Waals surface area contributed by atoms with E-state index in [0.29, 0.717) is 25.0 Å². The Morgan fingerprint density at radius 1 is 1.32 bits per heavy atom. The molecule has 3 aromatic rings. The van der Waals surface area contributed by atoms with Crippen LogP contribution >= 0.6 is 35.3 Å². The molecule has 0 saturated heterocycles. The van der Waals surface area contributed by atoms with Crippen LogP contribution in [0.15, 0.2) is 57.5 Å².